The molecule has 6 nitrogen and oxygen atoms in total. The molecule has 27 heavy (non-hydrogen) atoms. The smallest absolute Gasteiger partial charge is 0.275 e. The van der Waals surface area contributed by atoms with Crippen LogP contribution in [0.25, 0.3) is 0 Å². The first kappa shape index (κ1) is 18.9. The minimum atomic E-state index is -0.393. The normalized spacial score (nSPS) is 10.3. The molecule has 0 fully saturated rings. The number of carbonyl (C=O) groups is 2. The highest BCUT2D eigenvalue weighted by atomic mass is 35.5. The molecule has 3 aromatic rings. The van der Waals surface area contributed by atoms with Gasteiger partial charge < -0.3 is 15.4 Å². The number of benzene rings is 2. The summed E-state index contributed by atoms with van der Waals surface area (Å²) < 4.78 is 5.08. The molecule has 2 amide bonds. The number of thiazole rings is 1. The van der Waals surface area contributed by atoms with Gasteiger partial charge in [0.1, 0.15) is 11.4 Å². The zero-order valence-electron chi connectivity index (χ0n) is 14.4. The Balaban J connectivity index is 1.60. The summed E-state index contributed by atoms with van der Waals surface area (Å²) in [6.45, 7) is 0. The van der Waals surface area contributed by atoms with E-state index < -0.39 is 5.91 Å². The summed E-state index contributed by atoms with van der Waals surface area (Å²) in [5.74, 6) is -0.0628. The Bertz CT molecular complexity index is 960. The summed E-state index contributed by atoms with van der Waals surface area (Å²) in [5.41, 5.74) is 1.64. The van der Waals surface area contributed by atoms with Crippen LogP contribution in [0.1, 0.15) is 16.1 Å². The monoisotopic (exact) mass is 401 g/mol. The Morgan fingerprint density at radius 2 is 1.93 bits per heavy atom. The van der Waals surface area contributed by atoms with Gasteiger partial charge in [0.25, 0.3) is 5.91 Å². The van der Waals surface area contributed by atoms with Crippen molar-refractivity contribution in [2.45, 2.75) is 6.42 Å². The van der Waals surface area contributed by atoms with Crippen molar-refractivity contribution < 1.29 is 14.3 Å². The van der Waals surface area contributed by atoms with Crippen molar-refractivity contribution in [1.29, 1.82) is 0 Å². The van der Waals surface area contributed by atoms with Crippen LogP contribution in [0.5, 0.6) is 5.75 Å². The van der Waals surface area contributed by atoms with E-state index in [-0.39, 0.29) is 18.0 Å². The quantitative estimate of drug-likeness (QED) is 0.647. The van der Waals surface area contributed by atoms with Gasteiger partial charge >= 0.3 is 0 Å². The van der Waals surface area contributed by atoms with Crippen molar-refractivity contribution in [1.82, 2.24) is 4.98 Å². The van der Waals surface area contributed by atoms with Gasteiger partial charge in [-0.05, 0) is 23.8 Å². The van der Waals surface area contributed by atoms with Gasteiger partial charge in [-0.3, -0.25) is 9.59 Å². The van der Waals surface area contributed by atoms with Crippen molar-refractivity contribution in [2.24, 2.45) is 0 Å². The third kappa shape index (κ3) is 5.06. The lowest BCUT2D eigenvalue weighted by atomic mass is 10.1. The van der Waals surface area contributed by atoms with Crippen molar-refractivity contribution in [3.05, 3.63) is 70.2 Å². The number of nitrogens with zero attached hydrogens (tertiary/aromatic N) is 1. The van der Waals surface area contributed by atoms with Gasteiger partial charge in [-0.25, -0.2) is 4.98 Å². The number of hydrogen-bond donors (Lipinski definition) is 2. The van der Waals surface area contributed by atoms with Crippen LogP contribution in [0.2, 0.25) is 5.02 Å². The number of rotatable bonds is 6. The van der Waals surface area contributed by atoms with Gasteiger partial charge in [-0.2, -0.15) is 0 Å². The van der Waals surface area contributed by atoms with Crippen LogP contribution in [0.3, 0.4) is 0 Å². The molecular weight excluding hydrogens is 386 g/mol. The number of methoxy groups -OCH3 is 1. The van der Waals surface area contributed by atoms with Crippen LogP contribution in [-0.2, 0) is 11.2 Å². The standard InChI is InChI=1S/C19H16ClN3O3S/c1-26-16-8-7-13(10-14(16)20)21-18(25)15-11-27-19(22-15)23-17(24)9-12-5-3-2-4-6-12/h2-8,10-11H,9H2,1H3,(H,21,25)(H,22,23,24). The molecule has 0 saturated heterocycles. The molecule has 3 rings (SSSR count). The number of anilines is 2. The topological polar surface area (TPSA) is 80.3 Å². The minimum Gasteiger partial charge on any atom is -0.495 e. The third-order valence-corrected chi connectivity index (χ3v) is 4.65. The van der Waals surface area contributed by atoms with Crippen molar-refractivity contribution in [3.63, 3.8) is 0 Å². The van der Waals surface area contributed by atoms with Gasteiger partial charge in [0.15, 0.2) is 5.13 Å². The second-order valence-electron chi connectivity index (χ2n) is 5.55. The first-order valence-corrected chi connectivity index (χ1v) is 9.25. The summed E-state index contributed by atoms with van der Waals surface area (Å²) in [6, 6.07) is 14.3. The van der Waals surface area contributed by atoms with E-state index in [1.165, 1.54) is 18.4 Å². The Morgan fingerprint density at radius 1 is 1.15 bits per heavy atom. The maximum Gasteiger partial charge on any atom is 0.275 e. The highest BCUT2D eigenvalue weighted by molar-refractivity contribution is 7.14. The molecule has 8 heteroatoms. The molecule has 2 N–H and O–H groups in total. The predicted octanol–water partition coefficient (Wildman–Crippen LogP) is 4.24. The second-order valence-corrected chi connectivity index (χ2v) is 6.82. The van der Waals surface area contributed by atoms with E-state index in [0.717, 1.165) is 5.56 Å². The predicted molar refractivity (Wildman–Crippen MR) is 107 cm³/mol. The molecule has 0 aliphatic carbocycles. The Kier molecular flexibility index (Phi) is 6.05. The largest absolute Gasteiger partial charge is 0.495 e. The second kappa shape index (κ2) is 8.66. The maximum absolute atomic E-state index is 12.3. The van der Waals surface area contributed by atoms with Gasteiger partial charge in [-0.15, -0.1) is 11.3 Å². The molecule has 0 aliphatic heterocycles. The third-order valence-electron chi connectivity index (χ3n) is 3.60. The fraction of sp³-hybridized carbons (Fsp3) is 0.105. The fourth-order valence-corrected chi connectivity index (χ4v) is 3.28. The van der Waals surface area contributed by atoms with Crippen molar-refractivity contribution in [3.8, 4) is 5.75 Å². The molecule has 0 atom stereocenters. The Labute approximate surface area is 165 Å². The van der Waals surface area contributed by atoms with Crippen LogP contribution >= 0.6 is 22.9 Å². The number of amides is 2. The van der Waals surface area contributed by atoms with Gasteiger partial charge in [-0.1, -0.05) is 41.9 Å². The minimum absolute atomic E-state index is 0.190. The highest BCUT2D eigenvalue weighted by Gasteiger charge is 2.14. The van der Waals surface area contributed by atoms with Gasteiger partial charge in [0.05, 0.1) is 18.6 Å². The lowest BCUT2D eigenvalue weighted by Crippen LogP contribution is -2.15. The SMILES string of the molecule is COc1ccc(NC(=O)c2csc(NC(=O)Cc3ccccc3)n2)cc1Cl. The number of ether oxygens (including phenoxy) is 1. The van der Waals surface area contributed by atoms with Crippen molar-refractivity contribution in [2.75, 3.05) is 17.7 Å². The number of halogens is 1. The highest BCUT2D eigenvalue weighted by Crippen LogP contribution is 2.27. The molecular formula is C19H16ClN3O3S. The van der Waals surface area contributed by atoms with Crippen LogP contribution < -0.4 is 15.4 Å². The van der Waals surface area contributed by atoms with Crippen LogP contribution in [-0.4, -0.2) is 23.9 Å². The molecule has 0 unspecified atom stereocenters. The van der Waals surface area contributed by atoms with E-state index in [1.54, 1.807) is 23.6 Å². The van der Waals surface area contributed by atoms with Gasteiger partial charge in [0.2, 0.25) is 5.91 Å². The van der Waals surface area contributed by atoms with Crippen LogP contribution in [0.15, 0.2) is 53.9 Å². The summed E-state index contributed by atoms with van der Waals surface area (Å²) in [7, 11) is 1.52. The summed E-state index contributed by atoms with van der Waals surface area (Å²) >= 11 is 7.24. The van der Waals surface area contributed by atoms with E-state index in [2.05, 4.69) is 15.6 Å². The molecule has 1 heterocycles. The molecule has 0 saturated carbocycles. The van der Waals surface area contributed by atoms with E-state index >= 15 is 0 Å². The first-order valence-electron chi connectivity index (χ1n) is 7.99. The van der Waals surface area contributed by atoms with E-state index in [0.29, 0.717) is 21.6 Å². The Hall–Kier alpha value is -2.90. The number of hydrogen-bond acceptors (Lipinski definition) is 5. The maximum atomic E-state index is 12.3. The number of carbonyl (C=O) groups excluding carboxylic acids is 2. The molecule has 2 aromatic carbocycles. The molecule has 0 aliphatic rings. The average molecular weight is 402 g/mol. The zero-order chi connectivity index (χ0) is 19.2. The zero-order valence-corrected chi connectivity index (χ0v) is 15.9. The molecule has 0 spiro atoms. The molecule has 0 radical (unpaired) electrons. The lowest BCUT2D eigenvalue weighted by molar-refractivity contribution is -0.115. The van der Waals surface area contributed by atoms with E-state index in [1.807, 2.05) is 30.3 Å². The van der Waals surface area contributed by atoms with Crippen molar-refractivity contribution >= 4 is 45.6 Å². The number of aromatic nitrogens is 1. The molecule has 138 valence electrons. The van der Waals surface area contributed by atoms with Gasteiger partial charge in [0, 0.05) is 11.1 Å². The lowest BCUT2D eigenvalue weighted by Gasteiger charge is -2.07. The Morgan fingerprint density at radius 3 is 2.63 bits per heavy atom. The molecule has 1 aromatic heterocycles. The number of nitrogens with one attached hydrogen (secondary N) is 2. The summed E-state index contributed by atoms with van der Waals surface area (Å²) in [4.78, 5) is 28.6. The van der Waals surface area contributed by atoms with E-state index in [4.69, 9.17) is 16.3 Å². The van der Waals surface area contributed by atoms with Crippen LogP contribution in [0.4, 0.5) is 10.8 Å². The fourth-order valence-electron chi connectivity index (χ4n) is 2.32. The summed E-state index contributed by atoms with van der Waals surface area (Å²) in [5, 5.41) is 7.76. The summed E-state index contributed by atoms with van der Waals surface area (Å²) in [6.07, 6.45) is 0.242. The van der Waals surface area contributed by atoms with E-state index in [9.17, 15) is 9.59 Å². The molecule has 0 bridgehead atoms. The van der Waals surface area contributed by atoms with Crippen LogP contribution in [0, 0.1) is 0 Å². The first-order chi connectivity index (χ1) is 13.0. The average Bonchev–Trinajstić information content (AvgIpc) is 3.11.